The van der Waals surface area contributed by atoms with Gasteiger partial charge in [0.1, 0.15) is 12.4 Å². The third-order valence-corrected chi connectivity index (χ3v) is 4.57. The highest BCUT2D eigenvalue weighted by Gasteiger charge is 2.09. The van der Waals surface area contributed by atoms with Crippen LogP contribution in [0.4, 0.5) is 0 Å². The van der Waals surface area contributed by atoms with E-state index in [1.807, 2.05) is 56.3 Å². The number of hydrogen-bond acceptors (Lipinski definition) is 5. The van der Waals surface area contributed by atoms with Crippen molar-refractivity contribution in [2.45, 2.75) is 27.0 Å². The molecule has 1 aromatic heterocycles. The number of aryl methyl sites for hydroxylation is 1. The lowest BCUT2D eigenvalue weighted by Crippen LogP contribution is -2.16. The van der Waals surface area contributed by atoms with Crippen LogP contribution in [0.25, 0.3) is 0 Å². The molecule has 0 radical (unpaired) electrons. The Kier molecular flexibility index (Phi) is 6.36. The molecule has 0 saturated heterocycles. The summed E-state index contributed by atoms with van der Waals surface area (Å²) in [5.74, 6) is 2.14. The van der Waals surface area contributed by atoms with Gasteiger partial charge in [-0.3, -0.25) is 5.10 Å². The van der Waals surface area contributed by atoms with Crippen molar-refractivity contribution < 1.29 is 9.47 Å². The Balaban J connectivity index is 1.72. The molecule has 27 heavy (non-hydrogen) atoms. The zero-order valence-corrected chi connectivity index (χ0v) is 16.7. The van der Waals surface area contributed by atoms with Crippen molar-refractivity contribution in [2.75, 3.05) is 12.0 Å². The summed E-state index contributed by atoms with van der Waals surface area (Å²) in [4.78, 5) is 0. The van der Waals surface area contributed by atoms with E-state index in [9.17, 15) is 0 Å². The molecule has 0 saturated carbocycles. The summed E-state index contributed by atoms with van der Waals surface area (Å²) in [6.45, 7) is 5.30. The van der Waals surface area contributed by atoms with Crippen molar-refractivity contribution in [3.63, 3.8) is 0 Å². The number of nitrogens with one attached hydrogen (secondary N) is 2. The fourth-order valence-corrected chi connectivity index (χ4v) is 2.99. The second kappa shape index (κ2) is 8.92. The van der Waals surface area contributed by atoms with Gasteiger partial charge in [0.15, 0.2) is 11.5 Å². The lowest BCUT2D eigenvalue weighted by molar-refractivity contribution is 0.269. The van der Waals surface area contributed by atoms with Crippen LogP contribution in [0.2, 0.25) is 5.02 Å². The van der Waals surface area contributed by atoms with E-state index >= 15 is 0 Å². The zero-order valence-electron chi connectivity index (χ0n) is 15.2. The molecule has 3 aromatic rings. The Bertz CT molecular complexity index is 970. The standard InChI is InChI=1S/C19H21ClN4O2S/c1-3-25-18-10-14(11-21-24-13(2)22-23-19(24)27)8-9-17(18)26-12-15-6-4-5-7-16(15)20/h4-10,21H,3,11-12H2,1-2H3,(H,23,27). The van der Waals surface area contributed by atoms with Gasteiger partial charge in [0.05, 0.1) is 13.2 Å². The number of aromatic amines is 1. The normalized spacial score (nSPS) is 10.6. The van der Waals surface area contributed by atoms with Gasteiger partial charge in [0, 0.05) is 10.6 Å². The van der Waals surface area contributed by atoms with Crippen molar-refractivity contribution >= 4 is 23.8 Å². The fraction of sp³-hybridized carbons (Fsp3) is 0.263. The van der Waals surface area contributed by atoms with Crippen LogP contribution < -0.4 is 14.9 Å². The van der Waals surface area contributed by atoms with Crippen molar-refractivity contribution in [2.24, 2.45) is 0 Å². The first-order chi connectivity index (χ1) is 13.1. The van der Waals surface area contributed by atoms with E-state index in [-0.39, 0.29) is 0 Å². The molecule has 6 nitrogen and oxygen atoms in total. The van der Waals surface area contributed by atoms with Gasteiger partial charge in [0.25, 0.3) is 0 Å². The summed E-state index contributed by atoms with van der Waals surface area (Å²) >= 11 is 11.4. The van der Waals surface area contributed by atoms with Crippen LogP contribution in [0.1, 0.15) is 23.9 Å². The average Bonchev–Trinajstić information content (AvgIpc) is 2.98. The molecule has 0 atom stereocenters. The van der Waals surface area contributed by atoms with Crippen LogP contribution in [0.3, 0.4) is 0 Å². The molecule has 142 valence electrons. The van der Waals surface area contributed by atoms with Crippen LogP contribution >= 0.6 is 23.8 Å². The summed E-state index contributed by atoms with van der Waals surface area (Å²) in [6.07, 6.45) is 0. The third-order valence-electron chi connectivity index (χ3n) is 3.93. The lowest BCUT2D eigenvalue weighted by atomic mass is 10.2. The molecule has 0 aliphatic carbocycles. The van der Waals surface area contributed by atoms with Crippen LogP contribution in [0, 0.1) is 11.7 Å². The number of H-pyrrole nitrogens is 1. The second-order valence-electron chi connectivity index (χ2n) is 5.84. The van der Waals surface area contributed by atoms with Crippen molar-refractivity contribution in [3.8, 4) is 11.5 Å². The Labute approximate surface area is 168 Å². The Morgan fingerprint density at radius 3 is 2.70 bits per heavy atom. The summed E-state index contributed by atoms with van der Waals surface area (Å²) in [5, 5.41) is 7.51. The van der Waals surface area contributed by atoms with Gasteiger partial charge < -0.3 is 14.9 Å². The van der Waals surface area contributed by atoms with Gasteiger partial charge in [-0.2, -0.15) is 5.10 Å². The molecule has 0 aliphatic rings. The Hall–Kier alpha value is -2.51. The minimum atomic E-state index is 0.376. The molecule has 0 bridgehead atoms. The van der Waals surface area contributed by atoms with Crippen LogP contribution in [-0.4, -0.2) is 21.5 Å². The minimum absolute atomic E-state index is 0.376. The van der Waals surface area contributed by atoms with Crippen molar-refractivity contribution in [1.29, 1.82) is 0 Å². The van der Waals surface area contributed by atoms with Crippen molar-refractivity contribution in [1.82, 2.24) is 14.9 Å². The molecule has 0 fully saturated rings. The van der Waals surface area contributed by atoms with E-state index in [0.29, 0.717) is 41.1 Å². The fourth-order valence-electron chi connectivity index (χ4n) is 2.55. The second-order valence-corrected chi connectivity index (χ2v) is 6.63. The van der Waals surface area contributed by atoms with E-state index in [2.05, 4.69) is 15.6 Å². The van der Waals surface area contributed by atoms with Gasteiger partial charge in [-0.25, -0.2) is 4.68 Å². The molecule has 8 heteroatoms. The zero-order chi connectivity index (χ0) is 19.2. The summed E-state index contributed by atoms with van der Waals surface area (Å²) in [6, 6.07) is 13.5. The molecule has 0 spiro atoms. The van der Waals surface area contributed by atoms with Gasteiger partial charge in [-0.1, -0.05) is 35.9 Å². The van der Waals surface area contributed by atoms with Crippen LogP contribution in [0.5, 0.6) is 11.5 Å². The summed E-state index contributed by atoms with van der Waals surface area (Å²) in [7, 11) is 0. The molecule has 0 amide bonds. The molecule has 1 heterocycles. The maximum Gasteiger partial charge on any atom is 0.214 e. The molecular weight excluding hydrogens is 384 g/mol. The van der Waals surface area contributed by atoms with Crippen LogP contribution in [-0.2, 0) is 13.2 Å². The van der Waals surface area contributed by atoms with Crippen LogP contribution in [0.15, 0.2) is 42.5 Å². The van der Waals surface area contributed by atoms with E-state index < -0.39 is 0 Å². The van der Waals surface area contributed by atoms with E-state index in [1.54, 1.807) is 4.68 Å². The van der Waals surface area contributed by atoms with E-state index in [0.717, 1.165) is 17.0 Å². The maximum atomic E-state index is 6.19. The SMILES string of the molecule is CCOc1cc(CNn2c(C)n[nH]c2=S)ccc1OCc1ccccc1Cl. The number of halogens is 1. The first-order valence-electron chi connectivity index (χ1n) is 8.58. The molecule has 0 aliphatic heterocycles. The van der Waals surface area contributed by atoms with E-state index in [4.69, 9.17) is 33.3 Å². The monoisotopic (exact) mass is 404 g/mol. The van der Waals surface area contributed by atoms with Gasteiger partial charge in [-0.15, -0.1) is 0 Å². The smallest absolute Gasteiger partial charge is 0.214 e. The number of aromatic nitrogens is 3. The number of hydrogen-bond donors (Lipinski definition) is 2. The third kappa shape index (κ3) is 4.81. The highest BCUT2D eigenvalue weighted by Crippen LogP contribution is 2.30. The van der Waals surface area contributed by atoms with Gasteiger partial charge in [-0.05, 0) is 49.8 Å². The minimum Gasteiger partial charge on any atom is -0.490 e. The first-order valence-corrected chi connectivity index (χ1v) is 9.37. The van der Waals surface area contributed by atoms with Crippen molar-refractivity contribution in [3.05, 3.63) is 69.2 Å². The first kappa shape index (κ1) is 19.3. The number of rotatable bonds is 8. The van der Waals surface area contributed by atoms with Gasteiger partial charge in [0.2, 0.25) is 4.77 Å². The molecule has 2 N–H and O–H groups in total. The number of nitrogens with zero attached hydrogens (tertiary/aromatic N) is 2. The topological polar surface area (TPSA) is 64.1 Å². The predicted molar refractivity (Wildman–Crippen MR) is 109 cm³/mol. The highest BCUT2D eigenvalue weighted by atomic mass is 35.5. The Morgan fingerprint density at radius 1 is 1.19 bits per heavy atom. The predicted octanol–water partition coefficient (Wildman–Crippen LogP) is 4.62. The van der Waals surface area contributed by atoms with Gasteiger partial charge >= 0.3 is 0 Å². The molecule has 3 rings (SSSR count). The number of ether oxygens (including phenoxy) is 2. The average molecular weight is 405 g/mol. The quantitative estimate of drug-likeness (QED) is 0.536. The Morgan fingerprint density at radius 2 is 2.00 bits per heavy atom. The molecule has 2 aromatic carbocycles. The molecular formula is C19H21ClN4O2S. The summed E-state index contributed by atoms with van der Waals surface area (Å²) < 4.78 is 13.9. The van der Waals surface area contributed by atoms with E-state index in [1.165, 1.54) is 0 Å². The molecule has 0 unspecified atom stereocenters. The largest absolute Gasteiger partial charge is 0.490 e. The summed E-state index contributed by atoms with van der Waals surface area (Å²) in [5.41, 5.74) is 5.20. The maximum absolute atomic E-state index is 6.19. The highest BCUT2D eigenvalue weighted by molar-refractivity contribution is 7.71. The lowest BCUT2D eigenvalue weighted by Gasteiger charge is -2.15. The number of benzene rings is 2.